The van der Waals surface area contributed by atoms with Crippen molar-refractivity contribution in [2.24, 2.45) is 5.73 Å². The molecule has 1 aromatic heterocycles. The Morgan fingerprint density at radius 1 is 1.39 bits per heavy atom. The van der Waals surface area contributed by atoms with E-state index in [1.165, 1.54) is 6.20 Å². The van der Waals surface area contributed by atoms with Crippen LogP contribution < -0.4 is 5.73 Å². The third-order valence-corrected chi connectivity index (χ3v) is 2.65. The molecule has 3 atom stereocenters. The van der Waals surface area contributed by atoms with Gasteiger partial charge in [0.15, 0.2) is 6.10 Å². The molecule has 1 rings (SSSR count). The molecular weight excluding hydrogens is 245 g/mol. The van der Waals surface area contributed by atoms with Crippen molar-refractivity contribution in [2.45, 2.75) is 44.7 Å². The lowest BCUT2D eigenvalue weighted by atomic mass is 10.1. The van der Waals surface area contributed by atoms with Crippen LogP contribution in [0.15, 0.2) is 24.4 Å². The topological polar surface area (TPSA) is 48.1 Å². The van der Waals surface area contributed by atoms with Crippen LogP contribution >= 0.6 is 0 Å². The number of alkyl halides is 3. The molecule has 0 bridgehead atoms. The smallest absolute Gasteiger partial charge is 0.358 e. The van der Waals surface area contributed by atoms with Gasteiger partial charge in [-0.1, -0.05) is 13.0 Å². The first kappa shape index (κ1) is 14.9. The largest absolute Gasteiger partial charge is 0.414 e. The average molecular weight is 262 g/mol. The highest BCUT2D eigenvalue weighted by molar-refractivity contribution is 5.09. The van der Waals surface area contributed by atoms with Gasteiger partial charge in [-0.2, -0.15) is 13.2 Å². The van der Waals surface area contributed by atoms with Crippen LogP contribution in [-0.4, -0.2) is 23.3 Å². The predicted molar refractivity (Wildman–Crippen MR) is 61.8 cm³/mol. The van der Waals surface area contributed by atoms with E-state index in [9.17, 15) is 13.2 Å². The Bertz CT molecular complexity index is 356. The quantitative estimate of drug-likeness (QED) is 0.887. The minimum atomic E-state index is -4.40. The van der Waals surface area contributed by atoms with Gasteiger partial charge in [0, 0.05) is 12.2 Å². The Morgan fingerprint density at radius 3 is 2.50 bits per heavy atom. The van der Waals surface area contributed by atoms with Crippen molar-refractivity contribution in [1.29, 1.82) is 0 Å². The van der Waals surface area contributed by atoms with Gasteiger partial charge in [0.1, 0.15) is 6.10 Å². The second-order valence-electron chi connectivity index (χ2n) is 4.07. The van der Waals surface area contributed by atoms with Gasteiger partial charge in [-0.25, -0.2) is 0 Å². The minimum absolute atomic E-state index is 0.419. The van der Waals surface area contributed by atoms with E-state index in [-0.39, 0.29) is 0 Å². The monoisotopic (exact) mass is 262 g/mol. The molecule has 0 aliphatic rings. The Hall–Kier alpha value is -1.14. The first-order valence-electron chi connectivity index (χ1n) is 5.75. The van der Waals surface area contributed by atoms with Gasteiger partial charge in [0.25, 0.3) is 0 Å². The first-order valence-corrected chi connectivity index (χ1v) is 5.75. The van der Waals surface area contributed by atoms with Gasteiger partial charge in [-0.15, -0.1) is 0 Å². The van der Waals surface area contributed by atoms with Gasteiger partial charge in [-0.3, -0.25) is 4.98 Å². The number of nitrogens with zero attached hydrogens (tertiary/aromatic N) is 1. The molecule has 3 unspecified atom stereocenters. The number of hydrogen-bond acceptors (Lipinski definition) is 3. The number of pyridine rings is 1. The second kappa shape index (κ2) is 6.15. The molecule has 102 valence electrons. The van der Waals surface area contributed by atoms with Crippen LogP contribution in [0.1, 0.15) is 32.1 Å². The van der Waals surface area contributed by atoms with Crippen molar-refractivity contribution in [3.05, 3.63) is 30.1 Å². The van der Waals surface area contributed by atoms with E-state index in [1.807, 2.05) is 0 Å². The molecule has 1 heterocycles. The molecular formula is C12H17F3N2O. The fourth-order valence-electron chi connectivity index (χ4n) is 1.45. The maximum absolute atomic E-state index is 12.5. The summed E-state index contributed by atoms with van der Waals surface area (Å²) in [7, 11) is 0. The lowest BCUT2D eigenvalue weighted by molar-refractivity contribution is -0.230. The standard InChI is InChI=1S/C12H17F3N2O/c1-3-9(16)11(10-6-4-5-7-17-10)18-8(2)12(13,14)15/h4-9,11H,3,16H2,1-2H3. The van der Waals surface area contributed by atoms with E-state index < -0.39 is 24.4 Å². The van der Waals surface area contributed by atoms with Crippen LogP contribution in [0.4, 0.5) is 13.2 Å². The summed E-state index contributed by atoms with van der Waals surface area (Å²) < 4.78 is 42.6. The van der Waals surface area contributed by atoms with E-state index >= 15 is 0 Å². The lowest BCUT2D eigenvalue weighted by Gasteiger charge is -2.27. The molecule has 6 heteroatoms. The normalized spacial score (nSPS) is 17.2. The van der Waals surface area contributed by atoms with Crippen LogP contribution in [0.5, 0.6) is 0 Å². The summed E-state index contributed by atoms with van der Waals surface area (Å²) in [6.45, 7) is 2.76. The summed E-state index contributed by atoms with van der Waals surface area (Å²) in [5.74, 6) is 0. The zero-order valence-electron chi connectivity index (χ0n) is 10.3. The van der Waals surface area contributed by atoms with E-state index in [2.05, 4.69) is 4.98 Å². The first-order chi connectivity index (χ1) is 8.36. The van der Waals surface area contributed by atoms with Gasteiger partial charge >= 0.3 is 6.18 Å². The zero-order valence-corrected chi connectivity index (χ0v) is 10.3. The summed E-state index contributed by atoms with van der Waals surface area (Å²) >= 11 is 0. The summed E-state index contributed by atoms with van der Waals surface area (Å²) in [5, 5.41) is 0. The maximum atomic E-state index is 12.5. The van der Waals surface area contributed by atoms with E-state index in [0.717, 1.165) is 6.92 Å². The highest BCUT2D eigenvalue weighted by atomic mass is 19.4. The number of nitrogens with two attached hydrogens (primary N) is 1. The molecule has 0 aliphatic heterocycles. The summed E-state index contributed by atoms with van der Waals surface area (Å²) in [6, 6.07) is 4.47. The van der Waals surface area contributed by atoms with Crippen LogP contribution in [0.3, 0.4) is 0 Å². The predicted octanol–water partition coefficient (Wildman–Crippen LogP) is 2.83. The number of rotatable bonds is 5. The highest BCUT2D eigenvalue weighted by Gasteiger charge is 2.39. The molecule has 1 aromatic rings. The fraction of sp³-hybridized carbons (Fsp3) is 0.583. The molecule has 0 saturated carbocycles. The molecule has 0 fully saturated rings. The van der Waals surface area contributed by atoms with Gasteiger partial charge in [0.05, 0.1) is 5.69 Å². The van der Waals surface area contributed by atoms with E-state index in [0.29, 0.717) is 12.1 Å². The molecule has 18 heavy (non-hydrogen) atoms. The van der Waals surface area contributed by atoms with Crippen LogP contribution in [-0.2, 0) is 4.74 Å². The van der Waals surface area contributed by atoms with Crippen molar-refractivity contribution in [1.82, 2.24) is 4.98 Å². The Morgan fingerprint density at radius 2 is 2.06 bits per heavy atom. The lowest BCUT2D eigenvalue weighted by Crippen LogP contribution is -2.37. The highest BCUT2D eigenvalue weighted by Crippen LogP contribution is 2.29. The molecule has 3 nitrogen and oxygen atoms in total. The molecule has 0 aromatic carbocycles. The summed E-state index contributed by atoms with van der Waals surface area (Å²) in [4.78, 5) is 4.01. The molecule has 0 amide bonds. The van der Waals surface area contributed by atoms with Crippen molar-refractivity contribution >= 4 is 0 Å². The summed E-state index contributed by atoms with van der Waals surface area (Å²) in [6.07, 6.45) is -5.12. The number of halogens is 3. The van der Waals surface area contributed by atoms with E-state index in [1.54, 1.807) is 25.1 Å². The maximum Gasteiger partial charge on any atom is 0.414 e. The fourth-order valence-corrected chi connectivity index (χ4v) is 1.45. The van der Waals surface area contributed by atoms with Crippen LogP contribution in [0, 0.1) is 0 Å². The van der Waals surface area contributed by atoms with Crippen LogP contribution in [0.2, 0.25) is 0 Å². The van der Waals surface area contributed by atoms with Gasteiger partial charge in [-0.05, 0) is 25.5 Å². The number of aromatic nitrogens is 1. The number of hydrogen-bond donors (Lipinski definition) is 1. The van der Waals surface area contributed by atoms with Crippen molar-refractivity contribution in [3.8, 4) is 0 Å². The van der Waals surface area contributed by atoms with Crippen molar-refractivity contribution in [3.63, 3.8) is 0 Å². The third-order valence-electron chi connectivity index (χ3n) is 2.65. The third kappa shape index (κ3) is 3.96. The molecule has 2 N–H and O–H groups in total. The Kier molecular flexibility index (Phi) is 5.10. The minimum Gasteiger partial charge on any atom is -0.358 e. The Labute approximate surface area is 104 Å². The molecule has 0 saturated heterocycles. The van der Waals surface area contributed by atoms with Crippen molar-refractivity contribution < 1.29 is 17.9 Å². The van der Waals surface area contributed by atoms with Gasteiger partial charge < -0.3 is 10.5 Å². The average Bonchev–Trinajstić information content (AvgIpc) is 2.34. The number of ether oxygens (including phenoxy) is 1. The Balaban J connectivity index is 2.87. The summed E-state index contributed by atoms with van der Waals surface area (Å²) in [5.41, 5.74) is 6.23. The molecule has 0 aliphatic carbocycles. The molecule has 0 radical (unpaired) electrons. The zero-order chi connectivity index (χ0) is 13.8. The van der Waals surface area contributed by atoms with E-state index in [4.69, 9.17) is 10.5 Å². The van der Waals surface area contributed by atoms with Gasteiger partial charge in [0.2, 0.25) is 0 Å². The molecule has 0 spiro atoms. The second-order valence-corrected chi connectivity index (χ2v) is 4.07. The SMILES string of the molecule is CCC(N)C(OC(C)C(F)(F)F)c1ccccn1. The van der Waals surface area contributed by atoms with Crippen molar-refractivity contribution in [2.75, 3.05) is 0 Å². The van der Waals surface area contributed by atoms with Crippen LogP contribution in [0.25, 0.3) is 0 Å².